The highest BCUT2D eigenvalue weighted by Crippen LogP contribution is 2.37. The number of fused-ring (bicyclic) bond motifs is 2. The molecule has 1 aromatic rings. The third-order valence-corrected chi connectivity index (χ3v) is 6.96. The average molecular weight is 294 g/mol. The number of hydrogen-bond acceptors (Lipinski definition) is 4. The van der Waals surface area contributed by atoms with Crippen LogP contribution in [0.3, 0.4) is 0 Å². The van der Waals surface area contributed by atoms with Crippen molar-refractivity contribution >= 4 is 33.0 Å². The molecule has 2 saturated heterocycles. The van der Waals surface area contributed by atoms with Crippen molar-refractivity contribution in [1.29, 1.82) is 0 Å². The SMILES string of the molecule is O=S(=O)(c1ccc(Cl)s1)N1[C@@H]2CC[C@H]1COC2. The summed E-state index contributed by atoms with van der Waals surface area (Å²) in [4.78, 5) is 0. The minimum absolute atomic E-state index is 0.000347. The van der Waals surface area contributed by atoms with Crippen LogP contribution >= 0.6 is 22.9 Å². The summed E-state index contributed by atoms with van der Waals surface area (Å²) < 4.78 is 32.8. The van der Waals surface area contributed by atoms with Gasteiger partial charge in [0.1, 0.15) is 4.21 Å². The first-order valence-corrected chi connectivity index (χ1v) is 8.09. The summed E-state index contributed by atoms with van der Waals surface area (Å²) in [5, 5.41) is 0. The van der Waals surface area contributed by atoms with Gasteiger partial charge >= 0.3 is 0 Å². The van der Waals surface area contributed by atoms with Crippen LogP contribution in [0.1, 0.15) is 12.8 Å². The zero-order valence-electron chi connectivity index (χ0n) is 9.00. The van der Waals surface area contributed by atoms with E-state index in [-0.39, 0.29) is 12.1 Å². The molecule has 2 fully saturated rings. The molecule has 4 nitrogen and oxygen atoms in total. The minimum atomic E-state index is -3.39. The van der Waals surface area contributed by atoms with E-state index in [4.69, 9.17) is 16.3 Å². The largest absolute Gasteiger partial charge is 0.378 e. The van der Waals surface area contributed by atoms with Gasteiger partial charge < -0.3 is 4.74 Å². The molecule has 0 aliphatic carbocycles. The van der Waals surface area contributed by atoms with E-state index in [1.54, 1.807) is 16.4 Å². The van der Waals surface area contributed by atoms with Gasteiger partial charge in [-0.1, -0.05) is 11.6 Å². The van der Waals surface area contributed by atoms with E-state index in [0.29, 0.717) is 21.8 Å². The van der Waals surface area contributed by atoms with Gasteiger partial charge in [0.15, 0.2) is 0 Å². The second-order valence-corrected chi connectivity index (χ2v) is 8.10. The third kappa shape index (κ3) is 1.92. The van der Waals surface area contributed by atoms with Crippen molar-refractivity contribution < 1.29 is 13.2 Å². The molecule has 3 heterocycles. The second kappa shape index (κ2) is 4.20. The molecule has 2 aliphatic rings. The molecule has 0 radical (unpaired) electrons. The van der Waals surface area contributed by atoms with Crippen LogP contribution in [0.2, 0.25) is 4.34 Å². The molecule has 0 aromatic carbocycles. The molecule has 0 amide bonds. The minimum Gasteiger partial charge on any atom is -0.378 e. The van der Waals surface area contributed by atoms with Crippen LogP contribution in [0, 0.1) is 0 Å². The first-order valence-electron chi connectivity index (χ1n) is 5.45. The molecule has 3 rings (SSSR count). The summed E-state index contributed by atoms with van der Waals surface area (Å²) in [6.45, 7) is 1.02. The summed E-state index contributed by atoms with van der Waals surface area (Å²) in [6.07, 6.45) is 1.78. The fourth-order valence-electron chi connectivity index (χ4n) is 2.52. The summed E-state index contributed by atoms with van der Waals surface area (Å²) in [5.41, 5.74) is 0. The van der Waals surface area contributed by atoms with Gasteiger partial charge in [-0.15, -0.1) is 11.3 Å². The predicted molar refractivity (Wildman–Crippen MR) is 66.0 cm³/mol. The number of thiophene rings is 1. The van der Waals surface area contributed by atoms with Gasteiger partial charge in [0.2, 0.25) is 0 Å². The molecule has 17 heavy (non-hydrogen) atoms. The van der Waals surface area contributed by atoms with Crippen molar-refractivity contribution in [1.82, 2.24) is 4.31 Å². The smallest absolute Gasteiger partial charge is 0.253 e. The number of nitrogens with zero attached hydrogens (tertiary/aromatic N) is 1. The highest BCUT2D eigenvalue weighted by Gasteiger charge is 2.45. The summed E-state index contributed by atoms with van der Waals surface area (Å²) >= 11 is 6.92. The number of rotatable bonds is 2. The fourth-order valence-corrected chi connectivity index (χ4v) is 5.95. The van der Waals surface area contributed by atoms with Gasteiger partial charge in [0.05, 0.1) is 17.6 Å². The van der Waals surface area contributed by atoms with Crippen molar-refractivity contribution in [2.75, 3.05) is 13.2 Å². The number of halogens is 1. The Balaban J connectivity index is 1.98. The van der Waals surface area contributed by atoms with E-state index in [1.807, 2.05) is 0 Å². The lowest BCUT2D eigenvalue weighted by Gasteiger charge is -2.32. The highest BCUT2D eigenvalue weighted by molar-refractivity contribution is 7.91. The molecular formula is C10H12ClNO3S2. The molecular weight excluding hydrogens is 282 g/mol. The van der Waals surface area contributed by atoms with E-state index in [0.717, 1.165) is 24.2 Å². The summed E-state index contributed by atoms with van der Waals surface area (Å²) in [5.74, 6) is 0. The van der Waals surface area contributed by atoms with Crippen molar-refractivity contribution in [3.63, 3.8) is 0 Å². The zero-order chi connectivity index (χ0) is 12.0. The maximum absolute atomic E-state index is 12.5. The van der Waals surface area contributed by atoms with E-state index in [1.165, 1.54) is 0 Å². The molecule has 0 saturated carbocycles. The van der Waals surface area contributed by atoms with E-state index in [9.17, 15) is 8.42 Å². The molecule has 2 atom stereocenters. The Morgan fingerprint density at radius 2 is 1.94 bits per heavy atom. The molecule has 0 N–H and O–H groups in total. The molecule has 94 valence electrons. The van der Waals surface area contributed by atoms with Crippen molar-refractivity contribution in [3.05, 3.63) is 16.5 Å². The summed E-state index contributed by atoms with van der Waals surface area (Å²) in [7, 11) is -3.39. The maximum atomic E-state index is 12.5. The Labute approximate surface area is 109 Å². The molecule has 0 spiro atoms. The zero-order valence-corrected chi connectivity index (χ0v) is 11.4. The quantitative estimate of drug-likeness (QED) is 0.837. The van der Waals surface area contributed by atoms with Gasteiger partial charge in [0.25, 0.3) is 10.0 Å². The van der Waals surface area contributed by atoms with Gasteiger partial charge in [-0.3, -0.25) is 0 Å². The number of ether oxygens (including phenoxy) is 1. The van der Waals surface area contributed by atoms with Crippen LogP contribution in [-0.2, 0) is 14.8 Å². The van der Waals surface area contributed by atoms with Crippen LogP contribution in [0.5, 0.6) is 0 Å². The van der Waals surface area contributed by atoms with Gasteiger partial charge in [-0.2, -0.15) is 4.31 Å². The van der Waals surface area contributed by atoms with Gasteiger partial charge in [-0.25, -0.2) is 8.42 Å². The lowest BCUT2D eigenvalue weighted by atomic mass is 10.2. The molecule has 2 aliphatic heterocycles. The van der Waals surface area contributed by atoms with Gasteiger partial charge in [-0.05, 0) is 25.0 Å². The third-order valence-electron chi connectivity index (χ3n) is 3.25. The Hall–Kier alpha value is -0.140. The second-order valence-electron chi connectivity index (χ2n) is 4.32. The number of hydrogen-bond donors (Lipinski definition) is 0. The van der Waals surface area contributed by atoms with Gasteiger partial charge in [0, 0.05) is 12.1 Å². The highest BCUT2D eigenvalue weighted by atomic mass is 35.5. The standard InChI is InChI=1S/C10H12ClNO3S2/c11-9-3-4-10(16-9)17(13,14)12-7-1-2-8(12)6-15-5-7/h3-4,7-8H,1-2,5-6H2/t7-,8+. The average Bonchev–Trinajstić information content (AvgIpc) is 2.82. The van der Waals surface area contributed by atoms with Crippen LogP contribution in [-0.4, -0.2) is 38.0 Å². The molecule has 7 heteroatoms. The molecule has 2 bridgehead atoms. The Morgan fingerprint density at radius 3 is 2.47 bits per heavy atom. The lowest BCUT2D eigenvalue weighted by molar-refractivity contribution is 0.0270. The van der Waals surface area contributed by atoms with E-state index >= 15 is 0 Å². The normalized spacial score (nSPS) is 29.7. The van der Waals surface area contributed by atoms with Crippen molar-refractivity contribution in [2.45, 2.75) is 29.1 Å². The maximum Gasteiger partial charge on any atom is 0.253 e. The van der Waals surface area contributed by atoms with E-state index in [2.05, 4.69) is 0 Å². The Morgan fingerprint density at radius 1 is 1.29 bits per heavy atom. The van der Waals surface area contributed by atoms with Crippen LogP contribution in [0.15, 0.2) is 16.3 Å². The molecule has 0 unspecified atom stereocenters. The lowest BCUT2D eigenvalue weighted by Crippen LogP contribution is -2.48. The predicted octanol–water partition coefficient (Wildman–Crippen LogP) is 1.95. The molecule has 1 aromatic heterocycles. The van der Waals surface area contributed by atoms with Crippen LogP contribution in [0.25, 0.3) is 0 Å². The number of morpholine rings is 1. The topological polar surface area (TPSA) is 46.6 Å². The summed E-state index contributed by atoms with van der Waals surface area (Å²) in [6, 6.07) is 3.21. The monoisotopic (exact) mass is 293 g/mol. The first-order chi connectivity index (χ1) is 8.09. The van der Waals surface area contributed by atoms with Crippen LogP contribution in [0.4, 0.5) is 0 Å². The van der Waals surface area contributed by atoms with E-state index < -0.39 is 10.0 Å². The first kappa shape index (κ1) is 11.9. The van der Waals surface area contributed by atoms with Crippen LogP contribution < -0.4 is 0 Å². The Bertz CT molecular complexity index is 511. The fraction of sp³-hybridized carbons (Fsp3) is 0.600. The van der Waals surface area contributed by atoms with Crippen molar-refractivity contribution in [2.24, 2.45) is 0 Å². The Kier molecular flexibility index (Phi) is 2.95. The number of sulfonamides is 1. The van der Waals surface area contributed by atoms with Crippen molar-refractivity contribution in [3.8, 4) is 0 Å².